The fraction of sp³-hybridized carbons (Fsp3) is 0.560. The van der Waals surface area contributed by atoms with Gasteiger partial charge >= 0.3 is 0 Å². The van der Waals surface area contributed by atoms with E-state index in [0.717, 1.165) is 170 Å². The van der Waals surface area contributed by atoms with Gasteiger partial charge in [0.05, 0.1) is 89.2 Å². The van der Waals surface area contributed by atoms with Gasteiger partial charge in [-0.05, 0) is 106 Å². The van der Waals surface area contributed by atoms with Crippen molar-refractivity contribution in [2.75, 3.05) is 119 Å². The summed E-state index contributed by atoms with van der Waals surface area (Å²) < 4.78 is 34.8. The van der Waals surface area contributed by atoms with Crippen molar-refractivity contribution in [1.29, 1.82) is 0 Å². The summed E-state index contributed by atoms with van der Waals surface area (Å²) in [5, 5.41) is 5.20. The van der Waals surface area contributed by atoms with E-state index in [0.29, 0.717) is 6.61 Å². The highest BCUT2D eigenvalue weighted by molar-refractivity contribution is 5.61. The van der Waals surface area contributed by atoms with Crippen molar-refractivity contribution in [2.45, 2.75) is 84.2 Å². The van der Waals surface area contributed by atoms with Crippen LogP contribution in [0.4, 0.5) is 23.0 Å². The van der Waals surface area contributed by atoms with Crippen LogP contribution in [0.5, 0.6) is 23.0 Å². The Morgan fingerprint density at radius 1 is 0.594 bits per heavy atom. The number of hydrogen-bond donors (Lipinski definition) is 0. The third kappa shape index (κ3) is 11.4. The molecule has 4 aromatic rings. The van der Waals surface area contributed by atoms with E-state index in [9.17, 15) is 0 Å². The minimum absolute atomic E-state index is 0.0661. The van der Waals surface area contributed by atoms with E-state index in [1.165, 1.54) is 11.1 Å². The van der Waals surface area contributed by atoms with Crippen LogP contribution in [0.3, 0.4) is 0 Å². The molecule has 0 N–H and O–H groups in total. The molecule has 64 heavy (non-hydrogen) atoms. The van der Waals surface area contributed by atoms with Crippen LogP contribution in [-0.4, -0.2) is 138 Å². The molecule has 4 aliphatic heterocycles. The molecule has 0 aliphatic carbocycles. The largest absolute Gasteiger partial charge is 0.493 e. The fourth-order valence-electron chi connectivity index (χ4n) is 9.48. The van der Waals surface area contributed by atoms with E-state index in [2.05, 4.69) is 111 Å². The van der Waals surface area contributed by atoms with Crippen molar-refractivity contribution in [3.05, 3.63) is 84.2 Å². The average molecular weight is 879 g/mol. The van der Waals surface area contributed by atoms with Gasteiger partial charge in [-0.15, -0.1) is 0 Å². The number of ether oxygens (including phenoxy) is 6. The highest BCUT2D eigenvalue weighted by Gasteiger charge is 2.36. The van der Waals surface area contributed by atoms with Crippen LogP contribution < -0.4 is 38.8 Å². The molecule has 0 unspecified atom stereocenters. The third-order valence-corrected chi connectivity index (χ3v) is 12.8. The normalized spacial score (nSPS) is 18.3. The van der Waals surface area contributed by atoms with Crippen molar-refractivity contribution in [2.24, 2.45) is 0 Å². The molecule has 4 aliphatic rings. The second-order valence-corrected chi connectivity index (χ2v) is 17.6. The molecular formula is C50H70N8O6. The van der Waals surface area contributed by atoms with Gasteiger partial charge in [-0.2, -0.15) is 0 Å². The Morgan fingerprint density at radius 3 is 1.45 bits per heavy atom. The van der Waals surface area contributed by atoms with Crippen LogP contribution in [0.1, 0.15) is 64.0 Å². The average Bonchev–Trinajstić information content (AvgIpc) is 3.34. The topological polar surface area (TPSA) is 101 Å². The Bertz CT molecular complexity index is 2030. The molecular weight excluding hydrogens is 809 g/mol. The Labute approximate surface area is 380 Å². The van der Waals surface area contributed by atoms with Gasteiger partial charge in [0.25, 0.3) is 0 Å². The zero-order chi connectivity index (χ0) is 44.3. The summed E-state index contributed by atoms with van der Waals surface area (Å²) in [6.45, 7) is 18.8. The fourth-order valence-corrected chi connectivity index (χ4v) is 9.48. The number of methoxy groups -OCH3 is 2. The number of likely N-dealkylation sites (tertiary alicyclic amines) is 2. The van der Waals surface area contributed by atoms with E-state index in [-0.39, 0.29) is 18.2 Å². The summed E-state index contributed by atoms with van der Waals surface area (Å²) in [6, 6.07) is 22.2. The molecule has 2 aromatic heterocycles. The molecule has 2 aromatic carbocycles. The lowest BCUT2D eigenvalue weighted by Crippen LogP contribution is -2.59. The van der Waals surface area contributed by atoms with Crippen molar-refractivity contribution in [3.63, 3.8) is 0 Å². The van der Waals surface area contributed by atoms with E-state index in [1.807, 2.05) is 12.1 Å². The van der Waals surface area contributed by atoms with Crippen molar-refractivity contribution < 1.29 is 28.4 Å². The first-order chi connectivity index (χ1) is 31.4. The van der Waals surface area contributed by atoms with Gasteiger partial charge in [0.15, 0.2) is 23.0 Å². The lowest BCUT2D eigenvalue weighted by atomic mass is 10.00. The molecule has 0 saturated carbocycles. The predicted molar refractivity (Wildman–Crippen MR) is 254 cm³/mol. The smallest absolute Gasteiger partial charge is 0.161 e. The lowest BCUT2D eigenvalue weighted by molar-refractivity contribution is 0.122. The first kappa shape index (κ1) is 45.5. The Morgan fingerprint density at radius 2 is 1.05 bits per heavy atom. The SMILES string of the molecule is CCCOc1cc(CN2CCC(N(c3ccc(N4CCOCC4)nc3)N(c3ccc(N4CCOCC4)nc3)C3CCN(Cc4ccc(OC)c(OC(C)C)c4)CC3)CC2)ccc1OC. The molecule has 14 nitrogen and oxygen atoms in total. The maximum absolute atomic E-state index is 6.14. The summed E-state index contributed by atoms with van der Waals surface area (Å²) in [7, 11) is 3.41. The molecule has 4 fully saturated rings. The maximum atomic E-state index is 6.14. The second kappa shape index (κ2) is 22.3. The number of morpholine rings is 2. The van der Waals surface area contributed by atoms with Crippen molar-refractivity contribution in [1.82, 2.24) is 19.8 Å². The molecule has 4 saturated heterocycles. The molecule has 0 atom stereocenters. The molecule has 6 heterocycles. The third-order valence-electron chi connectivity index (χ3n) is 12.8. The number of aromatic nitrogens is 2. The number of piperidine rings is 2. The van der Waals surface area contributed by atoms with Gasteiger partial charge in [0, 0.05) is 65.4 Å². The first-order valence-electron chi connectivity index (χ1n) is 23.6. The summed E-state index contributed by atoms with van der Waals surface area (Å²) in [6.07, 6.45) is 9.24. The quantitative estimate of drug-likeness (QED) is 0.0935. The highest BCUT2D eigenvalue weighted by Crippen LogP contribution is 2.36. The number of hydrazine groups is 1. The highest BCUT2D eigenvalue weighted by atomic mass is 16.5. The summed E-state index contributed by atoms with van der Waals surface area (Å²) >= 11 is 0. The molecule has 0 bridgehead atoms. The van der Waals surface area contributed by atoms with Gasteiger partial charge in [-0.25, -0.2) is 9.97 Å². The zero-order valence-corrected chi connectivity index (χ0v) is 38.8. The Balaban J connectivity index is 1.06. The number of anilines is 4. The summed E-state index contributed by atoms with van der Waals surface area (Å²) in [5.41, 5.74) is 4.69. The molecule has 346 valence electrons. The van der Waals surface area contributed by atoms with Gasteiger partial charge in [-0.1, -0.05) is 19.1 Å². The van der Waals surface area contributed by atoms with Crippen LogP contribution in [-0.2, 0) is 22.6 Å². The minimum atomic E-state index is 0.0661. The van der Waals surface area contributed by atoms with Gasteiger partial charge in [0.2, 0.25) is 0 Å². The Kier molecular flexibility index (Phi) is 15.8. The van der Waals surface area contributed by atoms with Crippen LogP contribution >= 0.6 is 0 Å². The van der Waals surface area contributed by atoms with E-state index in [4.69, 9.17) is 38.4 Å². The summed E-state index contributed by atoms with van der Waals surface area (Å²) in [5.74, 6) is 5.17. The predicted octanol–water partition coefficient (Wildman–Crippen LogP) is 7.30. The monoisotopic (exact) mass is 879 g/mol. The lowest BCUT2D eigenvalue weighted by Gasteiger charge is -2.50. The first-order valence-corrected chi connectivity index (χ1v) is 23.6. The number of nitrogens with zero attached hydrogens (tertiary/aromatic N) is 8. The molecule has 0 amide bonds. The van der Waals surface area contributed by atoms with Gasteiger partial charge in [0.1, 0.15) is 11.6 Å². The molecule has 8 rings (SSSR count). The second-order valence-electron chi connectivity index (χ2n) is 17.6. The number of rotatable bonds is 18. The maximum Gasteiger partial charge on any atom is 0.161 e. The Hall–Kier alpha value is -5.02. The van der Waals surface area contributed by atoms with Crippen LogP contribution in [0.25, 0.3) is 0 Å². The van der Waals surface area contributed by atoms with Gasteiger partial charge in [-0.3, -0.25) is 19.8 Å². The molecule has 0 spiro atoms. The van der Waals surface area contributed by atoms with Crippen LogP contribution in [0, 0.1) is 0 Å². The number of pyridine rings is 2. The van der Waals surface area contributed by atoms with Crippen molar-refractivity contribution in [3.8, 4) is 23.0 Å². The van der Waals surface area contributed by atoms with Crippen LogP contribution in [0.15, 0.2) is 73.1 Å². The molecule has 0 radical (unpaired) electrons. The van der Waals surface area contributed by atoms with E-state index < -0.39 is 0 Å². The number of benzene rings is 2. The number of hydrogen-bond acceptors (Lipinski definition) is 14. The van der Waals surface area contributed by atoms with E-state index >= 15 is 0 Å². The van der Waals surface area contributed by atoms with Crippen LogP contribution in [0.2, 0.25) is 0 Å². The van der Waals surface area contributed by atoms with Crippen molar-refractivity contribution >= 4 is 23.0 Å². The minimum Gasteiger partial charge on any atom is -0.493 e. The zero-order valence-electron chi connectivity index (χ0n) is 38.8. The van der Waals surface area contributed by atoms with E-state index in [1.54, 1.807) is 14.2 Å². The standard InChI is InChI=1S/C50H70N8O6/c1-6-27-63-47-32-39(7-11-45(47)59-4)36-53-19-15-41(16-20-53)57(43-9-13-49(51-34-43)55-23-28-61-29-24-55)58(44-10-14-50(52-35-44)56-25-30-62-31-26-56)42-17-21-54(22-18-42)37-40-8-12-46(60-5)48(33-40)64-38(2)3/h7-14,32-35,38,41-42H,6,15-31,36-37H2,1-5H3. The van der Waals surface area contributed by atoms with Gasteiger partial charge < -0.3 is 38.2 Å². The molecule has 14 heteroatoms. The summed E-state index contributed by atoms with van der Waals surface area (Å²) in [4.78, 5) is 20.1.